The Balaban J connectivity index is 2.29. The van der Waals surface area contributed by atoms with Crippen molar-refractivity contribution in [3.05, 3.63) is 16.6 Å². The Bertz CT molecular complexity index is 658. The number of amides is 1. The second-order valence-corrected chi connectivity index (χ2v) is 8.90. The number of carbonyl (C=O) groups is 2. The number of likely N-dealkylation sites (tertiary alicyclic amines) is 1. The van der Waals surface area contributed by atoms with E-state index in [9.17, 15) is 9.59 Å². The van der Waals surface area contributed by atoms with Gasteiger partial charge >= 0.3 is 12.2 Å². The maximum atomic E-state index is 12.6. The maximum absolute atomic E-state index is 12.6. The molecule has 1 fully saturated rings. The summed E-state index contributed by atoms with van der Waals surface area (Å²) in [4.78, 5) is 31.0. The molecule has 0 N–H and O–H groups in total. The fraction of sp³-hybridized carbons (Fsp3) is 0.706. The zero-order valence-corrected chi connectivity index (χ0v) is 17.2. The monoisotopic (exact) mass is 415 g/mol. The summed E-state index contributed by atoms with van der Waals surface area (Å²) >= 11 is 3.34. The van der Waals surface area contributed by atoms with Crippen molar-refractivity contribution in [2.45, 2.75) is 71.6 Å². The average Bonchev–Trinajstić information content (AvgIpc) is 3.00. The normalized spacial score (nSPS) is 18.4. The molecule has 0 saturated carbocycles. The van der Waals surface area contributed by atoms with Crippen molar-refractivity contribution in [2.75, 3.05) is 6.54 Å². The lowest BCUT2D eigenvalue weighted by Crippen LogP contribution is -2.38. The van der Waals surface area contributed by atoms with E-state index in [1.54, 1.807) is 31.9 Å². The van der Waals surface area contributed by atoms with Crippen LogP contribution < -0.4 is 0 Å². The molecule has 8 heteroatoms. The van der Waals surface area contributed by atoms with Crippen LogP contribution in [0.2, 0.25) is 0 Å². The molecule has 1 unspecified atom stereocenters. The first-order valence-corrected chi connectivity index (χ1v) is 9.14. The smallest absolute Gasteiger partial charge is 0.420 e. The Morgan fingerprint density at radius 2 is 1.68 bits per heavy atom. The van der Waals surface area contributed by atoms with Crippen molar-refractivity contribution in [1.82, 2.24) is 14.5 Å². The van der Waals surface area contributed by atoms with Gasteiger partial charge in [-0.15, -0.1) is 0 Å². The fourth-order valence-electron chi connectivity index (χ4n) is 2.64. The van der Waals surface area contributed by atoms with Crippen molar-refractivity contribution >= 4 is 28.1 Å². The molecule has 0 bridgehead atoms. The van der Waals surface area contributed by atoms with Gasteiger partial charge in [-0.05, 0) is 70.3 Å². The predicted octanol–water partition coefficient (Wildman–Crippen LogP) is 4.50. The minimum atomic E-state index is -0.626. The van der Waals surface area contributed by atoms with E-state index < -0.39 is 23.4 Å². The van der Waals surface area contributed by atoms with Gasteiger partial charge in [-0.3, -0.25) is 4.90 Å². The number of ether oxygens (including phenoxy) is 2. The third kappa shape index (κ3) is 4.96. The van der Waals surface area contributed by atoms with Gasteiger partial charge in [0.15, 0.2) is 0 Å². The number of rotatable bonds is 1. The zero-order valence-electron chi connectivity index (χ0n) is 15.6. The van der Waals surface area contributed by atoms with E-state index >= 15 is 0 Å². The molecule has 2 heterocycles. The molecule has 140 valence electrons. The van der Waals surface area contributed by atoms with Crippen LogP contribution in [0.25, 0.3) is 0 Å². The molecule has 1 saturated heterocycles. The Labute approximate surface area is 156 Å². The second kappa shape index (κ2) is 6.97. The van der Waals surface area contributed by atoms with Crippen LogP contribution in [-0.4, -0.2) is 44.4 Å². The molecule has 0 spiro atoms. The van der Waals surface area contributed by atoms with Gasteiger partial charge in [-0.1, -0.05) is 0 Å². The summed E-state index contributed by atoms with van der Waals surface area (Å²) in [6.45, 7) is 11.5. The molecule has 1 amide bonds. The quantitative estimate of drug-likeness (QED) is 0.674. The number of imidazole rings is 1. The predicted molar refractivity (Wildman–Crippen MR) is 96.5 cm³/mol. The third-order valence-electron chi connectivity index (χ3n) is 3.50. The zero-order chi connectivity index (χ0) is 19.0. The molecule has 2 rings (SSSR count). The van der Waals surface area contributed by atoms with Gasteiger partial charge in [0.25, 0.3) is 0 Å². The molecular formula is C17H26BrN3O4. The first kappa shape index (κ1) is 19.8. The number of nitrogens with zero attached hydrogens (tertiary/aromatic N) is 3. The van der Waals surface area contributed by atoms with Crippen LogP contribution in [0.3, 0.4) is 0 Å². The largest absolute Gasteiger partial charge is 0.444 e. The molecule has 0 aromatic carbocycles. The molecule has 7 nitrogen and oxygen atoms in total. The van der Waals surface area contributed by atoms with Gasteiger partial charge in [-0.2, -0.15) is 0 Å². The summed E-state index contributed by atoms with van der Waals surface area (Å²) in [5.74, 6) is 0.476. The summed E-state index contributed by atoms with van der Waals surface area (Å²) in [6, 6.07) is -0.325. The number of carbonyl (C=O) groups excluding carboxylic acids is 2. The van der Waals surface area contributed by atoms with Crippen LogP contribution >= 0.6 is 15.9 Å². The van der Waals surface area contributed by atoms with Crippen LogP contribution in [0, 0.1) is 0 Å². The molecular weight excluding hydrogens is 390 g/mol. The van der Waals surface area contributed by atoms with E-state index in [-0.39, 0.29) is 6.04 Å². The number of halogens is 1. The standard InChI is InChI=1S/C17H26BrN3O4/c1-16(2,3)24-14(22)20-9-7-8-11(20)13-19-10-12(18)21(13)15(23)25-17(4,5)6/h10-11H,7-9H2,1-6H3. The average molecular weight is 416 g/mol. The van der Waals surface area contributed by atoms with Gasteiger partial charge in [-0.25, -0.2) is 19.1 Å². The lowest BCUT2D eigenvalue weighted by Gasteiger charge is -2.28. The van der Waals surface area contributed by atoms with Gasteiger partial charge in [0, 0.05) is 6.54 Å². The Kier molecular flexibility index (Phi) is 5.51. The lowest BCUT2D eigenvalue weighted by atomic mass is 10.2. The highest BCUT2D eigenvalue weighted by molar-refractivity contribution is 9.10. The summed E-state index contributed by atoms with van der Waals surface area (Å²) in [5, 5.41) is 0. The Hall–Kier alpha value is -1.57. The molecule has 1 aliphatic heterocycles. The van der Waals surface area contributed by atoms with Crippen molar-refractivity contribution in [2.24, 2.45) is 0 Å². The van der Waals surface area contributed by atoms with Gasteiger partial charge in [0.05, 0.1) is 12.2 Å². The number of aromatic nitrogens is 2. The van der Waals surface area contributed by atoms with E-state index in [0.29, 0.717) is 23.4 Å². The van der Waals surface area contributed by atoms with E-state index in [1.807, 2.05) is 20.8 Å². The van der Waals surface area contributed by atoms with Crippen LogP contribution in [0.5, 0.6) is 0 Å². The van der Waals surface area contributed by atoms with Gasteiger partial charge in [0.2, 0.25) is 0 Å². The number of hydrogen-bond donors (Lipinski definition) is 0. The van der Waals surface area contributed by atoms with Crippen LogP contribution in [0.1, 0.15) is 66.3 Å². The van der Waals surface area contributed by atoms with E-state index in [2.05, 4.69) is 20.9 Å². The topological polar surface area (TPSA) is 73.7 Å². The highest BCUT2D eigenvalue weighted by Gasteiger charge is 2.37. The molecule has 1 aromatic heterocycles. The third-order valence-corrected chi connectivity index (χ3v) is 4.06. The summed E-state index contributed by atoms with van der Waals surface area (Å²) in [7, 11) is 0. The molecule has 25 heavy (non-hydrogen) atoms. The first-order chi connectivity index (χ1) is 11.4. The van der Waals surface area contributed by atoms with Crippen LogP contribution in [-0.2, 0) is 9.47 Å². The van der Waals surface area contributed by atoms with Crippen molar-refractivity contribution in [3.63, 3.8) is 0 Å². The minimum absolute atomic E-state index is 0.325. The fourth-order valence-corrected chi connectivity index (χ4v) is 3.07. The summed E-state index contributed by atoms with van der Waals surface area (Å²) in [5.41, 5.74) is -1.20. The van der Waals surface area contributed by atoms with E-state index in [0.717, 1.165) is 6.42 Å². The molecule has 1 atom stereocenters. The first-order valence-electron chi connectivity index (χ1n) is 8.35. The lowest BCUT2D eigenvalue weighted by molar-refractivity contribution is 0.0207. The summed E-state index contributed by atoms with van der Waals surface area (Å²) in [6.07, 6.45) is 2.16. The summed E-state index contributed by atoms with van der Waals surface area (Å²) < 4.78 is 12.8. The van der Waals surface area contributed by atoms with Crippen molar-refractivity contribution in [1.29, 1.82) is 0 Å². The van der Waals surface area contributed by atoms with E-state index in [4.69, 9.17) is 9.47 Å². The van der Waals surface area contributed by atoms with Gasteiger partial charge in [0.1, 0.15) is 21.6 Å². The second-order valence-electron chi connectivity index (χ2n) is 8.09. The molecule has 0 radical (unpaired) electrons. The van der Waals surface area contributed by atoms with Crippen molar-refractivity contribution in [3.8, 4) is 0 Å². The Morgan fingerprint density at radius 3 is 2.24 bits per heavy atom. The number of hydrogen-bond acceptors (Lipinski definition) is 5. The minimum Gasteiger partial charge on any atom is -0.444 e. The van der Waals surface area contributed by atoms with Gasteiger partial charge < -0.3 is 9.47 Å². The maximum Gasteiger partial charge on any atom is 0.420 e. The van der Waals surface area contributed by atoms with Crippen molar-refractivity contribution < 1.29 is 19.1 Å². The highest BCUT2D eigenvalue weighted by Crippen LogP contribution is 2.34. The molecule has 1 aromatic rings. The SMILES string of the molecule is CC(C)(C)OC(=O)N1CCCC1c1ncc(Br)n1C(=O)OC(C)(C)C. The molecule has 1 aliphatic rings. The molecule has 0 aliphatic carbocycles. The Morgan fingerprint density at radius 1 is 1.12 bits per heavy atom. The van der Waals surface area contributed by atoms with Crippen LogP contribution in [0.15, 0.2) is 10.8 Å². The van der Waals surface area contributed by atoms with Crippen LogP contribution in [0.4, 0.5) is 9.59 Å². The van der Waals surface area contributed by atoms with E-state index in [1.165, 1.54) is 4.57 Å². The highest BCUT2D eigenvalue weighted by atomic mass is 79.9.